The fourth-order valence-electron chi connectivity index (χ4n) is 4.34. The third kappa shape index (κ3) is 4.31. The summed E-state index contributed by atoms with van der Waals surface area (Å²) in [7, 11) is 1.37. The largest absolute Gasteiger partial charge is 0.465 e. The van der Waals surface area contributed by atoms with Crippen molar-refractivity contribution in [3.63, 3.8) is 0 Å². The van der Waals surface area contributed by atoms with Gasteiger partial charge in [-0.1, -0.05) is 6.92 Å². The molecule has 0 radical (unpaired) electrons. The van der Waals surface area contributed by atoms with E-state index in [9.17, 15) is 9.59 Å². The number of amides is 1. The Balaban J connectivity index is 1.87. The van der Waals surface area contributed by atoms with Gasteiger partial charge in [0.2, 0.25) is 0 Å². The van der Waals surface area contributed by atoms with Crippen LogP contribution in [0.4, 0.5) is 5.69 Å². The molecule has 1 aliphatic heterocycles. The first-order valence-electron chi connectivity index (χ1n) is 9.85. The fourth-order valence-corrected chi connectivity index (χ4v) is 5.92. The standard InChI is InChI=1S/C21H28N2O3S2/c1-4-17(20(24)22-18-15(2)13-28-19(18)21(25)26-3)23(9-6-5-7-10-23)12-16-8-11-27-14-16/h8,11,13-14,17H,4-7,9-10,12H2,1-3H3/p+1. The Labute approximate surface area is 174 Å². The molecule has 2 aromatic heterocycles. The third-order valence-corrected chi connectivity index (χ3v) is 7.54. The van der Waals surface area contributed by atoms with Crippen LogP contribution in [0.1, 0.15) is 53.4 Å². The molecule has 3 rings (SSSR count). The van der Waals surface area contributed by atoms with Gasteiger partial charge in [-0.3, -0.25) is 4.79 Å². The minimum atomic E-state index is -0.401. The van der Waals surface area contributed by atoms with Gasteiger partial charge in [0.15, 0.2) is 6.04 Å². The normalized spacial score (nSPS) is 17.1. The van der Waals surface area contributed by atoms with Gasteiger partial charge in [0, 0.05) is 12.0 Å². The van der Waals surface area contributed by atoms with Gasteiger partial charge < -0.3 is 14.5 Å². The van der Waals surface area contributed by atoms with Crippen molar-refractivity contribution in [2.45, 2.75) is 52.1 Å². The number of hydrogen-bond acceptors (Lipinski definition) is 5. The lowest BCUT2D eigenvalue weighted by Gasteiger charge is -2.46. The molecule has 1 unspecified atom stereocenters. The first-order valence-corrected chi connectivity index (χ1v) is 11.7. The molecular formula is C21H29N2O3S2+. The molecule has 1 amide bonds. The summed E-state index contributed by atoms with van der Waals surface area (Å²) >= 11 is 3.02. The maximum atomic E-state index is 13.4. The molecule has 0 aliphatic carbocycles. The van der Waals surface area contributed by atoms with E-state index in [0.29, 0.717) is 10.6 Å². The smallest absolute Gasteiger partial charge is 0.350 e. The number of rotatable bonds is 7. The molecule has 152 valence electrons. The minimum Gasteiger partial charge on any atom is -0.465 e. The molecule has 0 aromatic carbocycles. The van der Waals surface area contributed by atoms with E-state index in [-0.39, 0.29) is 11.9 Å². The number of anilines is 1. The van der Waals surface area contributed by atoms with Crippen LogP contribution in [0.3, 0.4) is 0 Å². The van der Waals surface area contributed by atoms with Crippen LogP contribution in [0.15, 0.2) is 22.2 Å². The van der Waals surface area contributed by atoms with E-state index in [0.717, 1.165) is 48.9 Å². The monoisotopic (exact) mass is 421 g/mol. The lowest BCUT2D eigenvalue weighted by atomic mass is 9.99. The van der Waals surface area contributed by atoms with Crippen molar-refractivity contribution in [2.75, 3.05) is 25.5 Å². The molecule has 1 fully saturated rings. The Kier molecular flexibility index (Phi) is 6.91. The van der Waals surface area contributed by atoms with Gasteiger partial charge in [-0.2, -0.15) is 11.3 Å². The topological polar surface area (TPSA) is 55.4 Å². The van der Waals surface area contributed by atoms with E-state index in [1.807, 2.05) is 12.3 Å². The van der Waals surface area contributed by atoms with Gasteiger partial charge >= 0.3 is 5.97 Å². The number of carbonyl (C=O) groups excluding carboxylic acids is 2. The van der Waals surface area contributed by atoms with Gasteiger partial charge in [-0.15, -0.1) is 11.3 Å². The highest BCUT2D eigenvalue weighted by Gasteiger charge is 2.42. The maximum Gasteiger partial charge on any atom is 0.350 e. The van der Waals surface area contributed by atoms with Gasteiger partial charge in [0.1, 0.15) is 11.4 Å². The average molecular weight is 422 g/mol. The van der Waals surface area contributed by atoms with Crippen molar-refractivity contribution in [1.29, 1.82) is 0 Å². The third-order valence-electron chi connectivity index (χ3n) is 5.73. The predicted octanol–water partition coefficient (Wildman–Crippen LogP) is 4.82. The molecular weight excluding hydrogens is 392 g/mol. The van der Waals surface area contributed by atoms with Crippen LogP contribution in [0.5, 0.6) is 0 Å². The number of quaternary nitrogens is 1. The Morgan fingerprint density at radius 2 is 2.00 bits per heavy atom. The number of aryl methyl sites for hydroxylation is 1. The van der Waals surface area contributed by atoms with Crippen LogP contribution in [-0.4, -0.2) is 42.6 Å². The number of likely N-dealkylation sites (tertiary alicyclic amines) is 1. The van der Waals surface area contributed by atoms with E-state index >= 15 is 0 Å². The predicted molar refractivity (Wildman–Crippen MR) is 115 cm³/mol. The molecule has 0 bridgehead atoms. The van der Waals surface area contributed by atoms with Crippen molar-refractivity contribution in [3.8, 4) is 0 Å². The Morgan fingerprint density at radius 1 is 1.25 bits per heavy atom. The average Bonchev–Trinajstić information content (AvgIpc) is 3.33. The number of nitrogens with one attached hydrogen (secondary N) is 1. The molecule has 0 spiro atoms. The van der Waals surface area contributed by atoms with E-state index in [4.69, 9.17) is 4.74 Å². The zero-order valence-corrected chi connectivity index (χ0v) is 18.5. The fraction of sp³-hybridized carbons (Fsp3) is 0.524. The van der Waals surface area contributed by atoms with E-state index in [1.54, 1.807) is 11.3 Å². The highest BCUT2D eigenvalue weighted by Crippen LogP contribution is 2.32. The molecule has 28 heavy (non-hydrogen) atoms. The quantitative estimate of drug-likeness (QED) is 0.515. The van der Waals surface area contributed by atoms with E-state index < -0.39 is 5.97 Å². The highest BCUT2D eigenvalue weighted by atomic mass is 32.1. The van der Waals surface area contributed by atoms with Crippen LogP contribution in [0, 0.1) is 6.92 Å². The number of nitrogens with zero attached hydrogens (tertiary/aromatic N) is 1. The number of hydrogen-bond donors (Lipinski definition) is 1. The van der Waals surface area contributed by atoms with Crippen LogP contribution in [0.2, 0.25) is 0 Å². The number of piperidine rings is 1. The van der Waals surface area contributed by atoms with E-state index in [2.05, 4.69) is 29.1 Å². The molecule has 0 saturated carbocycles. The van der Waals surface area contributed by atoms with Crippen molar-refractivity contribution in [1.82, 2.24) is 0 Å². The first kappa shape index (κ1) is 21.0. The van der Waals surface area contributed by atoms with Crippen molar-refractivity contribution < 1.29 is 18.8 Å². The van der Waals surface area contributed by atoms with E-state index in [1.165, 1.54) is 30.4 Å². The highest BCUT2D eigenvalue weighted by molar-refractivity contribution is 7.12. The van der Waals surface area contributed by atoms with Crippen molar-refractivity contribution in [3.05, 3.63) is 38.2 Å². The molecule has 1 N–H and O–H groups in total. The zero-order valence-electron chi connectivity index (χ0n) is 16.8. The van der Waals surface area contributed by atoms with Crippen LogP contribution >= 0.6 is 22.7 Å². The second-order valence-electron chi connectivity index (χ2n) is 7.54. The number of ether oxygens (including phenoxy) is 1. The summed E-state index contributed by atoms with van der Waals surface area (Å²) < 4.78 is 5.68. The minimum absolute atomic E-state index is 0.00582. The first-order chi connectivity index (χ1) is 13.5. The second kappa shape index (κ2) is 9.20. The SMILES string of the molecule is CCC(C(=O)Nc1c(C)csc1C(=O)OC)[N+]1(Cc2ccsc2)CCCCC1. The van der Waals surface area contributed by atoms with Gasteiger partial charge in [0.25, 0.3) is 5.91 Å². The molecule has 7 heteroatoms. The van der Waals surface area contributed by atoms with Gasteiger partial charge in [-0.25, -0.2) is 4.79 Å². The number of methoxy groups -OCH3 is 1. The van der Waals surface area contributed by atoms with Crippen LogP contribution in [-0.2, 0) is 16.1 Å². The lowest BCUT2D eigenvalue weighted by molar-refractivity contribution is -0.959. The maximum absolute atomic E-state index is 13.4. The Bertz CT molecular complexity index is 808. The molecule has 2 aromatic rings. The van der Waals surface area contributed by atoms with Crippen LogP contribution < -0.4 is 5.32 Å². The van der Waals surface area contributed by atoms with Gasteiger partial charge in [-0.05, 0) is 54.0 Å². The number of thiophene rings is 2. The summed E-state index contributed by atoms with van der Waals surface area (Å²) in [5.74, 6) is -0.395. The molecule has 1 aliphatic rings. The summed E-state index contributed by atoms with van der Waals surface area (Å²) in [4.78, 5) is 26.0. The number of carbonyl (C=O) groups is 2. The molecule has 5 nitrogen and oxygen atoms in total. The Morgan fingerprint density at radius 3 is 2.61 bits per heavy atom. The second-order valence-corrected chi connectivity index (χ2v) is 9.20. The summed E-state index contributed by atoms with van der Waals surface area (Å²) in [5, 5.41) is 9.27. The zero-order chi connectivity index (χ0) is 20.1. The molecule has 1 atom stereocenters. The van der Waals surface area contributed by atoms with Gasteiger partial charge in [0.05, 0.1) is 25.9 Å². The summed E-state index contributed by atoms with van der Waals surface area (Å²) in [6.45, 7) is 6.94. The lowest BCUT2D eigenvalue weighted by Crippen LogP contribution is -2.61. The Hall–Kier alpha value is -1.70. The van der Waals surface area contributed by atoms with Crippen LogP contribution in [0.25, 0.3) is 0 Å². The summed E-state index contributed by atoms with van der Waals surface area (Å²) in [6, 6.07) is 2.03. The molecule has 1 saturated heterocycles. The summed E-state index contributed by atoms with van der Waals surface area (Å²) in [6.07, 6.45) is 4.31. The molecule has 3 heterocycles. The van der Waals surface area contributed by atoms with Crippen molar-refractivity contribution in [2.24, 2.45) is 0 Å². The van der Waals surface area contributed by atoms with Crippen molar-refractivity contribution >= 4 is 40.2 Å². The number of esters is 1. The summed E-state index contributed by atoms with van der Waals surface area (Å²) in [5.41, 5.74) is 2.81.